The third-order valence-corrected chi connectivity index (χ3v) is 7.67. The van der Waals surface area contributed by atoms with E-state index in [2.05, 4.69) is 5.32 Å². The summed E-state index contributed by atoms with van der Waals surface area (Å²) in [7, 11) is -1.11. The van der Waals surface area contributed by atoms with E-state index < -0.39 is 28.5 Å². The first-order valence-corrected chi connectivity index (χ1v) is 13.0. The summed E-state index contributed by atoms with van der Waals surface area (Å²) in [6, 6.07) is 20.3. The maximum atomic E-state index is 13.7. The number of nitrogens with zero attached hydrogens (tertiary/aromatic N) is 2. The molecule has 0 spiro atoms. The van der Waals surface area contributed by atoms with Crippen LogP contribution in [0.1, 0.15) is 12.5 Å². The standard InChI is InChI=1S/C26H28ClN3O5S/c1-19(26(32)28-2)29(17-20-8-7-11-23(16-20)35-3)25(31)18-30(22-9-5-4-6-10-22)36(33,34)24-14-12-21(27)13-15-24/h4-16,19H,17-18H2,1-3H3,(H,28,32). The first kappa shape index (κ1) is 27.0. The molecule has 3 aromatic rings. The summed E-state index contributed by atoms with van der Waals surface area (Å²) in [4.78, 5) is 27.5. The second-order valence-electron chi connectivity index (χ2n) is 7.96. The number of para-hydroxylation sites is 1. The minimum Gasteiger partial charge on any atom is -0.497 e. The number of hydrogen-bond donors (Lipinski definition) is 1. The van der Waals surface area contributed by atoms with Crippen LogP contribution in [0.3, 0.4) is 0 Å². The van der Waals surface area contributed by atoms with Crippen molar-refractivity contribution in [1.29, 1.82) is 0 Å². The number of ether oxygens (including phenoxy) is 1. The highest BCUT2D eigenvalue weighted by Crippen LogP contribution is 2.25. The Morgan fingerprint density at radius 1 is 1.00 bits per heavy atom. The van der Waals surface area contributed by atoms with Gasteiger partial charge in [0.2, 0.25) is 11.8 Å². The van der Waals surface area contributed by atoms with E-state index in [1.165, 1.54) is 43.3 Å². The number of methoxy groups -OCH3 is 1. The zero-order valence-corrected chi connectivity index (χ0v) is 21.8. The van der Waals surface area contributed by atoms with E-state index in [1.807, 2.05) is 0 Å². The number of likely N-dealkylation sites (N-methyl/N-ethyl adjacent to an activating group) is 1. The van der Waals surface area contributed by atoms with Gasteiger partial charge in [0, 0.05) is 18.6 Å². The van der Waals surface area contributed by atoms with Crippen LogP contribution in [0.2, 0.25) is 5.02 Å². The largest absolute Gasteiger partial charge is 0.497 e. The molecule has 0 fully saturated rings. The van der Waals surface area contributed by atoms with E-state index in [0.29, 0.717) is 16.5 Å². The van der Waals surface area contributed by atoms with E-state index in [9.17, 15) is 18.0 Å². The summed E-state index contributed by atoms with van der Waals surface area (Å²) in [6.07, 6.45) is 0. The van der Waals surface area contributed by atoms with Crippen LogP contribution in [0.15, 0.2) is 83.8 Å². The molecule has 190 valence electrons. The summed E-state index contributed by atoms with van der Waals surface area (Å²) in [5.41, 5.74) is 1.04. The zero-order valence-electron chi connectivity index (χ0n) is 20.2. The average Bonchev–Trinajstić information content (AvgIpc) is 2.90. The van der Waals surface area contributed by atoms with Crippen LogP contribution in [0, 0.1) is 0 Å². The SMILES string of the molecule is CNC(=O)C(C)N(Cc1cccc(OC)c1)C(=O)CN(c1ccccc1)S(=O)(=O)c1ccc(Cl)cc1. The van der Waals surface area contributed by atoms with Crippen molar-refractivity contribution in [2.75, 3.05) is 25.0 Å². The quantitative estimate of drug-likeness (QED) is 0.432. The number of hydrogen-bond acceptors (Lipinski definition) is 5. The predicted molar refractivity (Wildman–Crippen MR) is 139 cm³/mol. The van der Waals surface area contributed by atoms with Crippen molar-refractivity contribution < 1.29 is 22.7 Å². The molecule has 2 amide bonds. The normalized spacial score (nSPS) is 11.9. The van der Waals surface area contributed by atoms with Crippen LogP contribution in [0.25, 0.3) is 0 Å². The van der Waals surface area contributed by atoms with E-state index in [1.54, 1.807) is 61.5 Å². The molecule has 1 atom stereocenters. The topological polar surface area (TPSA) is 96.0 Å². The Hall–Kier alpha value is -3.56. The van der Waals surface area contributed by atoms with Gasteiger partial charge in [-0.1, -0.05) is 41.9 Å². The summed E-state index contributed by atoms with van der Waals surface area (Å²) in [6.45, 7) is 1.16. The molecule has 0 bridgehead atoms. The van der Waals surface area contributed by atoms with Gasteiger partial charge in [-0.15, -0.1) is 0 Å². The molecule has 0 aliphatic carbocycles. The van der Waals surface area contributed by atoms with Crippen LogP contribution in [0.4, 0.5) is 5.69 Å². The molecule has 1 N–H and O–H groups in total. The van der Waals surface area contributed by atoms with Gasteiger partial charge in [-0.3, -0.25) is 13.9 Å². The molecule has 0 aliphatic heterocycles. The van der Waals surface area contributed by atoms with Gasteiger partial charge < -0.3 is 15.0 Å². The number of anilines is 1. The lowest BCUT2D eigenvalue weighted by molar-refractivity contribution is -0.139. The van der Waals surface area contributed by atoms with Crippen molar-refractivity contribution in [3.8, 4) is 5.75 Å². The Kier molecular flexibility index (Phi) is 8.95. The molecule has 0 aliphatic rings. The number of amides is 2. The lowest BCUT2D eigenvalue weighted by atomic mass is 10.1. The van der Waals surface area contributed by atoms with Gasteiger partial charge in [-0.2, -0.15) is 0 Å². The summed E-state index contributed by atoms with van der Waals surface area (Å²) in [5, 5.41) is 2.94. The fourth-order valence-electron chi connectivity index (χ4n) is 3.62. The molecule has 0 aromatic heterocycles. The third kappa shape index (κ3) is 6.35. The fraction of sp³-hybridized carbons (Fsp3) is 0.231. The lowest BCUT2D eigenvalue weighted by Gasteiger charge is -2.31. The minimum atomic E-state index is -4.13. The predicted octanol–water partition coefficient (Wildman–Crippen LogP) is 3.71. The van der Waals surface area contributed by atoms with Gasteiger partial charge in [0.15, 0.2) is 0 Å². The van der Waals surface area contributed by atoms with Crippen molar-refractivity contribution in [2.24, 2.45) is 0 Å². The van der Waals surface area contributed by atoms with Crippen molar-refractivity contribution in [2.45, 2.75) is 24.4 Å². The number of carbonyl (C=O) groups excluding carboxylic acids is 2. The first-order chi connectivity index (χ1) is 17.2. The molecular formula is C26H28ClN3O5S. The van der Waals surface area contributed by atoms with Crippen LogP contribution < -0.4 is 14.4 Å². The number of nitrogens with one attached hydrogen (secondary N) is 1. The lowest BCUT2D eigenvalue weighted by Crippen LogP contribution is -2.50. The Morgan fingerprint density at radius 3 is 2.28 bits per heavy atom. The van der Waals surface area contributed by atoms with Gasteiger partial charge in [0.05, 0.1) is 17.7 Å². The number of carbonyl (C=O) groups is 2. The smallest absolute Gasteiger partial charge is 0.264 e. The van der Waals surface area contributed by atoms with Gasteiger partial charge in [-0.05, 0) is 61.0 Å². The molecular weight excluding hydrogens is 502 g/mol. The van der Waals surface area contributed by atoms with E-state index in [-0.39, 0.29) is 17.3 Å². The zero-order chi connectivity index (χ0) is 26.3. The molecule has 0 heterocycles. The summed E-state index contributed by atoms with van der Waals surface area (Å²) >= 11 is 5.95. The van der Waals surface area contributed by atoms with Gasteiger partial charge in [-0.25, -0.2) is 8.42 Å². The molecule has 36 heavy (non-hydrogen) atoms. The molecule has 0 saturated carbocycles. The maximum absolute atomic E-state index is 13.7. The Bertz CT molecular complexity index is 1300. The van der Waals surface area contributed by atoms with E-state index in [4.69, 9.17) is 16.3 Å². The molecule has 0 saturated heterocycles. The maximum Gasteiger partial charge on any atom is 0.264 e. The number of benzene rings is 3. The number of rotatable bonds is 10. The van der Waals surface area contributed by atoms with Crippen LogP contribution >= 0.6 is 11.6 Å². The Morgan fingerprint density at radius 2 is 1.67 bits per heavy atom. The molecule has 3 aromatic carbocycles. The Labute approximate surface area is 216 Å². The summed E-state index contributed by atoms with van der Waals surface area (Å²) < 4.78 is 33.5. The first-order valence-electron chi connectivity index (χ1n) is 11.1. The van der Waals surface area contributed by atoms with E-state index >= 15 is 0 Å². The van der Waals surface area contributed by atoms with Crippen molar-refractivity contribution in [3.63, 3.8) is 0 Å². The third-order valence-electron chi connectivity index (χ3n) is 5.63. The molecule has 1 unspecified atom stereocenters. The van der Waals surface area contributed by atoms with E-state index in [0.717, 1.165) is 9.87 Å². The monoisotopic (exact) mass is 529 g/mol. The fourth-order valence-corrected chi connectivity index (χ4v) is 5.16. The van der Waals surface area contributed by atoms with Gasteiger partial charge >= 0.3 is 0 Å². The summed E-state index contributed by atoms with van der Waals surface area (Å²) in [5.74, 6) is -0.322. The van der Waals surface area contributed by atoms with Crippen molar-refractivity contribution in [1.82, 2.24) is 10.2 Å². The molecule has 10 heteroatoms. The van der Waals surface area contributed by atoms with Crippen LogP contribution in [-0.4, -0.2) is 51.9 Å². The van der Waals surface area contributed by atoms with Crippen molar-refractivity contribution >= 4 is 39.1 Å². The highest BCUT2D eigenvalue weighted by molar-refractivity contribution is 7.92. The van der Waals surface area contributed by atoms with Crippen LogP contribution in [0.5, 0.6) is 5.75 Å². The minimum absolute atomic E-state index is 0.0118. The molecule has 3 rings (SSSR count). The highest BCUT2D eigenvalue weighted by atomic mass is 35.5. The molecule has 8 nitrogen and oxygen atoms in total. The average molecular weight is 530 g/mol. The number of sulfonamides is 1. The van der Waals surface area contributed by atoms with Crippen molar-refractivity contribution in [3.05, 3.63) is 89.4 Å². The highest BCUT2D eigenvalue weighted by Gasteiger charge is 2.32. The second kappa shape index (κ2) is 11.9. The van der Waals surface area contributed by atoms with Gasteiger partial charge in [0.1, 0.15) is 18.3 Å². The molecule has 0 radical (unpaired) electrons. The van der Waals surface area contributed by atoms with Crippen LogP contribution in [-0.2, 0) is 26.2 Å². The Balaban J connectivity index is 2.00. The second-order valence-corrected chi connectivity index (χ2v) is 10.3. The van der Waals surface area contributed by atoms with Gasteiger partial charge in [0.25, 0.3) is 10.0 Å². The number of halogens is 1.